The van der Waals surface area contributed by atoms with Crippen molar-refractivity contribution in [1.82, 2.24) is 10.6 Å². The van der Waals surface area contributed by atoms with Gasteiger partial charge in [0.15, 0.2) is 0 Å². The van der Waals surface area contributed by atoms with Gasteiger partial charge in [-0.25, -0.2) is 4.79 Å². The smallest absolute Gasteiger partial charge is 0.312 e. The number of nitrogens with two attached hydrogens (primary N) is 1. The molecule has 1 aromatic rings. The van der Waals surface area contributed by atoms with Crippen molar-refractivity contribution in [2.45, 2.75) is 13.0 Å². The third-order valence-corrected chi connectivity index (χ3v) is 2.88. The van der Waals surface area contributed by atoms with Crippen molar-refractivity contribution in [2.24, 2.45) is 5.73 Å². The zero-order valence-corrected chi connectivity index (χ0v) is 11.0. The summed E-state index contributed by atoms with van der Waals surface area (Å²) >= 11 is 12.0. The largest absolute Gasteiger partial charge is 0.352 e. The van der Waals surface area contributed by atoms with Crippen LogP contribution in [-0.2, 0) is 0 Å². The number of hydrogen-bond donors (Lipinski definition) is 3. The zero-order chi connectivity index (χ0) is 12.8. The number of halogens is 2. The Morgan fingerprint density at radius 3 is 2.76 bits per heavy atom. The van der Waals surface area contributed by atoms with E-state index < -0.39 is 6.03 Å². The average molecular weight is 276 g/mol. The van der Waals surface area contributed by atoms with Crippen LogP contribution >= 0.6 is 23.2 Å². The van der Waals surface area contributed by atoms with Crippen LogP contribution in [0.5, 0.6) is 0 Å². The number of urea groups is 1. The van der Waals surface area contributed by atoms with Crippen molar-refractivity contribution < 1.29 is 4.79 Å². The topological polar surface area (TPSA) is 67.2 Å². The summed E-state index contributed by atoms with van der Waals surface area (Å²) in [5.74, 6) is 0. The molecule has 1 rings (SSSR count). The lowest BCUT2D eigenvalue weighted by atomic mass is 10.1. The molecule has 1 unspecified atom stereocenters. The standard InChI is InChI=1S/C11H15Cl2N3O/c1-7(15-4-5-16-11(14)17)9-6-8(12)2-3-10(9)13/h2-3,6-7,15H,4-5H2,1H3,(H3,14,16,17). The van der Waals surface area contributed by atoms with Crippen LogP contribution in [0.3, 0.4) is 0 Å². The molecule has 0 aliphatic rings. The van der Waals surface area contributed by atoms with Crippen LogP contribution < -0.4 is 16.4 Å². The lowest BCUT2D eigenvalue weighted by Gasteiger charge is -2.16. The van der Waals surface area contributed by atoms with Crippen LogP contribution in [0.1, 0.15) is 18.5 Å². The summed E-state index contributed by atoms with van der Waals surface area (Å²) in [5, 5.41) is 7.02. The molecule has 0 aliphatic heterocycles. The monoisotopic (exact) mass is 275 g/mol. The summed E-state index contributed by atoms with van der Waals surface area (Å²) < 4.78 is 0. The SMILES string of the molecule is CC(NCCNC(N)=O)c1cc(Cl)ccc1Cl. The second-order valence-electron chi connectivity index (χ2n) is 3.63. The zero-order valence-electron chi connectivity index (χ0n) is 9.47. The summed E-state index contributed by atoms with van der Waals surface area (Å²) in [4.78, 5) is 10.5. The Balaban J connectivity index is 2.49. The number of benzene rings is 1. The van der Waals surface area contributed by atoms with Gasteiger partial charge in [-0.15, -0.1) is 0 Å². The van der Waals surface area contributed by atoms with Crippen molar-refractivity contribution in [3.8, 4) is 0 Å². The molecule has 0 aliphatic carbocycles. The fraction of sp³-hybridized carbons (Fsp3) is 0.364. The minimum absolute atomic E-state index is 0.0517. The molecule has 0 heterocycles. The highest BCUT2D eigenvalue weighted by Gasteiger charge is 2.09. The summed E-state index contributed by atoms with van der Waals surface area (Å²) in [6, 6.07) is 4.85. The molecule has 4 N–H and O–H groups in total. The third kappa shape index (κ3) is 4.81. The fourth-order valence-corrected chi connectivity index (χ4v) is 1.89. The van der Waals surface area contributed by atoms with Crippen molar-refractivity contribution in [1.29, 1.82) is 0 Å². The molecule has 4 nitrogen and oxygen atoms in total. The van der Waals surface area contributed by atoms with E-state index in [1.54, 1.807) is 12.1 Å². The molecule has 0 saturated carbocycles. The summed E-state index contributed by atoms with van der Waals surface area (Å²) in [7, 11) is 0. The van der Waals surface area contributed by atoms with Gasteiger partial charge in [0.25, 0.3) is 0 Å². The number of carbonyl (C=O) groups is 1. The van der Waals surface area contributed by atoms with Crippen LogP contribution in [0.2, 0.25) is 10.0 Å². The van der Waals surface area contributed by atoms with E-state index in [0.717, 1.165) is 5.56 Å². The highest BCUT2D eigenvalue weighted by Crippen LogP contribution is 2.25. The van der Waals surface area contributed by atoms with Crippen LogP contribution in [-0.4, -0.2) is 19.1 Å². The highest BCUT2D eigenvalue weighted by atomic mass is 35.5. The maximum Gasteiger partial charge on any atom is 0.312 e. The van der Waals surface area contributed by atoms with Crippen molar-refractivity contribution in [3.63, 3.8) is 0 Å². The molecule has 2 amide bonds. The molecule has 0 aromatic heterocycles. The molecule has 0 fully saturated rings. The fourth-order valence-electron chi connectivity index (χ4n) is 1.43. The maximum atomic E-state index is 10.5. The van der Waals surface area contributed by atoms with E-state index in [-0.39, 0.29) is 6.04 Å². The quantitative estimate of drug-likeness (QED) is 0.722. The molecule has 94 valence electrons. The van der Waals surface area contributed by atoms with Gasteiger partial charge in [0.1, 0.15) is 0 Å². The lowest BCUT2D eigenvalue weighted by Crippen LogP contribution is -2.36. The first kappa shape index (κ1) is 14.1. The second-order valence-corrected chi connectivity index (χ2v) is 4.48. The van der Waals surface area contributed by atoms with Crippen LogP contribution in [0, 0.1) is 0 Å². The second kappa shape index (κ2) is 6.69. The maximum absolute atomic E-state index is 10.5. The van der Waals surface area contributed by atoms with E-state index in [1.165, 1.54) is 0 Å². The number of carbonyl (C=O) groups excluding carboxylic acids is 1. The molecule has 0 bridgehead atoms. The van der Waals surface area contributed by atoms with Gasteiger partial charge in [-0.2, -0.15) is 0 Å². The van der Waals surface area contributed by atoms with E-state index in [0.29, 0.717) is 23.1 Å². The molecular formula is C11H15Cl2N3O. The summed E-state index contributed by atoms with van der Waals surface area (Å²) in [5.41, 5.74) is 5.88. The highest BCUT2D eigenvalue weighted by molar-refractivity contribution is 6.33. The number of rotatable bonds is 5. The first-order valence-electron chi connectivity index (χ1n) is 5.22. The molecule has 17 heavy (non-hydrogen) atoms. The van der Waals surface area contributed by atoms with E-state index in [1.807, 2.05) is 13.0 Å². The Morgan fingerprint density at radius 1 is 1.41 bits per heavy atom. The summed E-state index contributed by atoms with van der Waals surface area (Å²) in [6.45, 7) is 3.05. The molecule has 6 heteroatoms. The minimum atomic E-state index is -0.528. The minimum Gasteiger partial charge on any atom is -0.352 e. The average Bonchev–Trinajstić information content (AvgIpc) is 2.27. The molecule has 0 spiro atoms. The van der Waals surface area contributed by atoms with Crippen LogP contribution in [0.15, 0.2) is 18.2 Å². The normalized spacial score (nSPS) is 12.2. The van der Waals surface area contributed by atoms with Gasteiger partial charge in [-0.05, 0) is 30.7 Å². The molecular weight excluding hydrogens is 261 g/mol. The van der Waals surface area contributed by atoms with Gasteiger partial charge >= 0.3 is 6.03 Å². The van der Waals surface area contributed by atoms with Crippen molar-refractivity contribution >= 4 is 29.2 Å². The van der Waals surface area contributed by atoms with Gasteiger partial charge < -0.3 is 16.4 Å². The van der Waals surface area contributed by atoms with E-state index in [4.69, 9.17) is 28.9 Å². The molecule has 0 saturated heterocycles. The Kier molecular flexibility index (Phi) is 5.55. The van der Waals surface area contributed by atoms with Crippen LogP contribution in [0.4, 0.5) is 4.79 Å². The van der Waals surface area contributed by atoms with Gasteiger partial charge in [-0.1, -0.05) is 23.2 Å². The van der Waals surface area contributed by atoms with E-state index in [2.05, 4.69) is 10.6 Å². The lowest BCUT2D eigenvalue weighted by molar-refractivity contribution is 0.249. The van der Waals surface area contributed by atoms with Gasteiger partial charge in [0, 0.05) is 29.2 Å². The van der Waals surface area contributed by atoms with Gasteiger partial charge in [0.05, 0.1) is 0 Å². The molecule has 0 radical (unpaired) electrons. The Labute approximate surface area is 110 Å². The predicted octanol–water partition coefficient (Wildman–Crippen LogP) is 2.31. The van der Waals surface area contributed by atoms with Gasteiger partial charge in [-0.3, -0.25) is 0 Å². The predicted molar refractivity (Wildman–Crippen MR) is 70.5 cm³/mol. The number of hydrogen-bond acceptors (Lipinski definition) is 2. The molecule has 1 aromatic carbocycles. The van der Waals surface area contributed by atoms with E-state index >= 15 is 0 Å². The number of amides is 2. The third-order valence-electron chi connectivity index (χ3n) is 2.30. The van der Waals surface area contributed by atoms with Gasteiger partial charge in [0.2, 0.25) is 0 Å². The van der Waals surface area contributed by atoms with Crippen LogP contribution in [0.25, 0.3) is 0 Å². The summed E-state index contributed by atoms with van der Waals surface area (Å²) in [6.07, 6.45) is 0. The van der Waals surface area contributed by atoms with Crippen molar-refractivity contribution in [2.75, 3.05) is 13.1 Å². The Bertz CT molecular complexity index is 398. The Hall–Kier alpha value is -0.970. The van der Waals surface area contributed by atoms with E-state index in [9.17, 15) is 4.79 Å². The number of nitrogens with one attached hydrogen (secondary N) is 2. The number of primary amides is 1. The first-order valence-corrected chi connectivity index (χ1v) is 5.98. The first-order chi connectivity index (χ1) is 8.00. The molecule has 1 atom stereocenters. The van der Waals surface area contributed by atoms with Crippen molar-refractivity contribution in [3.05, 3.63) is 33.8 Å². The Morgan fingerprint density at radius 2 is 2.12 bits per heavy atom.